The van der Waals surface area contributed by atoms with Gasteiger partial charge in [-0.1, -0.05) is 25.3 Å². The molecule has 0 spiro atoms. The molecule has 1 aromatic carbocycles. The van der Waals surface area contributed by atoms with Crippen molar-refractivity contribution in [2.75, 3.05) is 0 Å². The lowest BCUT2D eigenvalue weighted by Crippen LogP contribution is -2.40. The van der Waals surface area contributed by atoms with Gasteiger partial charge < -0.3 is 5.32 Å². The van der Waals surface area contributed by atoms with Crippen LogP contribution >= 0.6 is 15.9 Å². The number of rotatable bonds is 3. The molecule has 1 aliphatic rings. The lowest BCUT2D eigenvalue weighted by Gasteiger charge is -2.26. The molecule has 4 heteroatoms. The average molecular weight is 335 g/mol. The van der Waals surface area contributed by atoms with Crippen LogP contribution in [0.1, 0.15) is 48.0 Å². The largest absolute Gasteiger partial charge is 0.336 e. The van der Waals surface area contributed by atoms with Crippen molar-refractivity contribution in [3.05, 3.63) is 33.8 Å². The Labute approximate surface area is 128 Å². The van der Waals surface area contributed by atoms with Crippen LogP contribution in [0.3, 0.4) is 0 Å². The van der Waals surface area contributed by atoms with Gasteiger partial charge in [0.2, 0.25) is 0 Å². The van der Waals surface area contributed by atoms with Crippen molar-refractivity contribution in [2.24, 2.45) is 5.92 Å². The van der Waals surface area contributed by atoms with Gasteiger partial charge in [-0.05, 0) is 59.3 Å². The predicted octanol–water partition coefficient (Wildman–Crippen LogP) is 3.96. The van der Waals surface area contributed by atoms with Crippen molar-refractivity contribution in [1.29, 1.82) is 5.26 Å². The second-order valence-corrected chi connectivity index (χ2v) is 6.32. The Morgan fingerprint density at radius 3 is 2.70 bits per heavy atom. The van der Waals surface area contributed by atoms with Crippen LogP contribution in [0.5, 0.6) is 0 Å². The van der Waals surface area contributed by atoms with Crippen molar-refractivity contribution in [3.63, 3.8) is 0 Å². The molecule has 1 saturated carbocycles. The summed E-state index contributed by atoms with van der Waals surface area (Å²) in [6.45, 7) is 1.98. The molecule has 1 aromatic rings. The van der Waals surface area contributed by atoms with Crippen LogP contribution in [-0.4, -0.2) is 11.9 Å². The minimum atomic E-state index is -0.379. The lowest BCUT2D eigenvalue weighted by atomic mass is 9.84. The highest BCUT2D eigenvalue weighted by molar-refractivity contribution is 9.10. The van der Waals surface area contributed by atoms with E-state index in [9.17, 15) is 10.1 Å². The number of amides is 1. The number of carbonyl (C=O) groups is 1. The van der Waals surface area contributed by atoms with E-state index in [2.05, 4.69) is 27.3 Å². The van der Waals surface area contributed by atoms with Gasteiger partial charge in [0, 0.05) is 4.47 Å². The quantitative estimate of drug-likeness (QED) is 0.909. The first-order valence-electron chi connectivity index (χ1n) is 7.08. The lowest BCUT2D eigenvalue weighted by molar-refractivity contribution is 0.0928. The fourth-order valence-corrected chi connectivity index (χ4v) is 3.42. The first kappa shape index (κ1) is 15.1. The maximum absolute atomic E-state index is 12.3. The van der Waals surface area contributed by atoms with Crippen LogP contribution in [0.2, 0.25) is 0 Å². The third-order valence-corrected chi connectivity index (χ3v) is 4.57. The second-order valence-electron chi connectivity index (χ2n) is 5.46. The van der Waals surface area contributed by atoms with Gasteiger partial charge in [0.1, 0.15) is 6.04 Å². The number of hydrogen-bond acceptors (Lipinski definition) is 2. The third-order valence-electron chi connectivity index (χ3n) is 3.92. The van der Waals surface area contributed by atoms with Crippen molar-refractivity contribution in [1.82, 2.24) is 5.32 Å². The minimum Gasteiger partial charge on any atom is -0.336 e. The third kappa shape index (κ3) is 3.61. The molecule has 0 radical (unpaired) electrons. The first-order chi connectivity index (χ1) is 9.61. The molecule has 1 unspecified atom stereocenters. The maximum atomic E-state index is 12.3. The molecule has 1 atom stereocenters. The standard InChI is InChI=1S/C16H19BrN2O/c1-11-7-8-13(14(17)9-11)16(20)19-15(10-18)12-5-3-2-4-6-12/h7-9,12,15H,2-6H2,1H3,(H,19,20). The van der Waals surface area contributed by atoms with E-state index in [1.165, 1.54) is 6.42 Å². The summed E-state index contributed by atoms with van der Waals surface area (Å²) < 4.78 is 0.773. The van der Waals surface area contributed by atoms with Gasteiger partial charge in [0.25, 0.3) is 5.91 Å². The summed E-state index contributed by atoms with van der Waals surface area (Å²) in [6.07, 6.45) is 5.63. The van der Waals surface area contributed by atoms with Crippen molar-refractivity contribution < 1.29 is 4.79 Å². The van der Waals surface area contributed by atoms with Gasteiger partial charge >= 0.3 is 0 Å². The summed E-state index contributed by atoms with van der Waals surface area (Å²) >= 11 is 3.41. The average Bonchev–Trinajstić information content (AvgIpc) is 2.45. The highest BCUT2D eigenvalue weighted by Crippen LogP contribution is 2.27. The van der Waals surface area contributed by atoms with Crippen LogP contribution in [0.4, 0.5) is 0 Å². The topological polar surface area (TPSA) is 52.9 Å². The molecule has 1 amide bonds. The minimum absolute atomic E-state index is 0.172. The van der Waals surface area contributed by atoms with E-state index in [4.69, 9.17) is 0 Å². The van der Waals surface area contributed by atoms with Gasteiger partial charge in [-0.2, -0.15) is 5.26 Å². The zero-order valence-corrected chi connectivity index (χ0v) is 13.2. The van der Waals surface area contributed by atoms with E-state index in [1.807, 2.05) is 19.1 Å². The summed E-state index contributed by atoms with van der Waals surface area (Å²) in [5.74, 6) is 0.121. The fourth-order valence-electron chi connectivity index (χ4n) is 2.75. The second kappa shape index (κ2) is 6.90. The maximum Gasteiger partial charge on any atom is 0.253 e. The van der Waals surface area contributed by atoms with E-state index in [0.29, 0.717) is 11.5 Å². The molecular formula is C16H19BrN2O. The van der Waals surface area contributed by atoms with Gasteiger partial charge in [-0.25, -0.2) is 0 Å². The van der Waals surface area contributed by atoms with E-state index in [1.54, 1.807) is 6.07 Å². The van der Waals surface area contributed by atoms with E-state index < -0.39 is 0 Å². The number of halogens is 1. The number of nitrogens with zero attached hydrogens (tertiary/aromatic N) is 1. The summed E-state index contributed by atoms with van der Waals surface area (Å²) in [4.78, 5) is 12.3. The molecule has 2 rings (SSSR count). The van der Waals surface area contributed by atoms with Gasteiger partial charge in [0.05, 0.1) is 11.6 Å². The zero-order valence-electron chi connectivity index (χ0n) is 11.7. The van der Waals surface area contributed by atoms with Crippen molar-refractivity contribution >= 4 is 21.8 Å². The van der Waals surface area contributed by atoms with Gasteiger partial charge in [0.15, 0.2) is 0 Å². The van der Waals surface area contributed by atoms with Crippen LogP contribution in [0.25, 0.3) is 0 Å². The van der Waals surface area contributed by atoms with E-state index in [0.717, 1.165) is 35.7 Å². The number of carbonyl (C=O) groups excluding carboxylic acids is 1. The molecule has 106 valence electrons. The molecule has 0 aliphatic heterocycles. The van der Waals surface area contributed by atoms with Crippen molar-refractivity contribution in [3.8, 4) is 6.07 Å². The molecule has 1 aliphatic carbocycles. The van der Waals surface area contributed by atoms with E-state index >= 15 is 0 Å². The van der Waals surface area contributed by atoms with Crippen LogP contribution in [-0.2, 0) is 0 Å². The first-order valence-corrected chi connectivity index (χ1v) is 7.87. The Balaban J connectivity index is 2.07. The molecule has 1 fully saturated rings. The molecular weight excluding hydrogens is 316 g/mol. The number of hydrogen-bond donors (Lipinski definition) is 1. The predicted molar refractivity (Wildman–Crippen MR) is 82.3 cm³/mol. The monoisotopic (exact) mass is 334 g/mol. The molecule has 0 bridgehead atoms. The molecule has 0 aromatic heterocycles. The smallest absolute Gasteiger partial charge is 0.253 e. The Bertz CT molecular complexity index is 530. The number of aryl methyl sites for hydroxylation is 1. The number of nitriles is 1. The molecule has 3 nitrogen and oxygen atoms in total. The Kier molecular flexibility index (Phi) is 5.19. The number of benzene rings is 1. The van der Waals surface area contributed by atoms with Crippen LogP contribution in [0.15, 0.2) is 22.7 Å². The molecule has 0 saturated heterocycles. The summed E-state index contributed by atoms with van der Waals surface area (Å²) in [7, 11) is 0. The number of nitrogens with one attached hydrogen (secondary N) is 1. The summed E-state index contributed by atoms with van der Waals surface area (Å²) in [6, 6.07) is 7.49. The fraction of sp³-hybridized carbons (Fsp3) is 0.500. The molecule has 20 heavy (non-hydrogen) atoms. The SMILES string of the molecule is Cc1ccc(C(=O)NC(C#N)C2CCCCC2)c(Br)c1. The van der Waals surface area contributed by atoms with Gasteiger partial charge in [-0.15, -0.1) is 0 Å². The van der Waals surface area contributed by atoms with Gasteiger partial charge in [-0.3, -0.25) is 4.79 Å². The highest BCUT2D eigenvalue weighted by Gasteiger charge is 2.25. The molecule has 1 N–H and O–H groups in total. The Hall–Kier alpha value is -1.34. The van der Waals surface area contributed by atoms with Crippen LogP contribution in [0, 0.1) is 24.2 Å². The normalized spacial score (nSPS) is 17.2. The highest BCUT2D eigenvalue weighted by atomic mass is 79.9. The Morgan fingerprint density at radius 2 is 2.10 bits per heavy atom. The summed E-state index contributed by atoms with van der Waals surface area (Å²) in [5.41, 5.74) is 1.68. The zero-order chi connectivity index (χ0) is 14.5. The Morgan fingerprint density at radius 1 is 1.40 bits per heavy atom. The molecule has 0 heterocycles. The van der Waals surface area contributed by atoms with E-state index in [-0.39, 0.29) is 11.9 Å². The van der Waals surface area contributed by atoms with Crippen LogP contribution < -0.4 is 5.32 Å². The van der Waals surface area contributed by atoms with Crippen molar-refractivity contribution in [2.45, 2.75) is 45.1 Å². The summed E-state index contributed by atoms with van der Waals surface area (Å²) in [5, 5.41) is 12.2.